The molecule has 2 aromatic heterocycles. The Bertz CT molecular complexity index is 810. The first-order chi connectivity index (χ1) is 11.1. The standard InChI is InChI=1S/C17H20N6/c1-13-9-15(10-20-22-11-18-19-12-22)14(2)23(13)17-7-5-16(6-8-17)21(3)4/h5-12H,1-4H3/b20-10+. The Morgan fingerprint density at radius 2 is 1.70 bits per heavy atom. The van der Waals surface area contributed by atoms with Crippen LogP contribution in [0.25, 0.3) is 5.69 Å². The monoisotopic (exact) mass is 308 g/mol. The molecule has 0 radical (unpaired) electrons. The maximum atomic E-state index is 4.33. The molecule has 0 N–H and O–H groups in total. The second kappa shape index (κ2) is 6.08. The molecule has 0 unspecified atom stereocenters. The molecule has 0 aliphatic heterocycles. The molecule has 0 bridgehead atoms. The third kappa shape index (κ3) is 3.01. The molecular weight excluding hydrogens is 288 g/mol. The van der Waals surface area contributed by atoms with Gasteiger partial charge in [0.1, 0.15) is 12.7 Å². The van der Waals surface area contributed by atoms with Gasteiger partial charge in [0, 0.05) is 42.4 Å². The number of nitrogens with zero attached hydrogens (tertiary/aromatic N) is 6. The molecule has 23 heavy (non-hydrogen) atoms. The molecule has 0 aliphatic carbocycles. The van der Waals surface area contributed by atoms with Crippen molar-refractivity contribution in [2.75, 3.05) is 19.0 Å². The van der Waals surface area contributed by atoms with Gasteiger partial charge in [-0.1, -0.05) is 0 Å². The van der Waals surface area contributed by atoms with Gasteiger partial charge in [-0.3, -0.25) is 0 Å². The number of rotatable bonds is 4. The van der Waals surface area contributed by atoms with Crippen molar-refractivity contribution >= 4 is 11.9 Å². The van der Waals surface area contributed by atoms with E-state index in [-0.39, 0.29) is 0 Å². The van der Waals surface area contributed by atoms with Gasteiger partial charge in [-0.05, 0) is 44.2 Å². The van der Waals surface area contributed by atoms with Crippen LogP contribution in [0.5, 0.6) is 0 Å². The number of hydrogen-bond acceptors (Lipinski definition) is 4. The van der Waals surface area contributed by atoms with Crippen LogP contribution < -0.4 is 4.90 Å². The second-order valence-corrected chi connectivity index (χ2v) is 5.66. The van der Waals surface area contributed by atoms with Crippen molar-refractivity contribution in [1.29, 1.82) is 0 Å². The lowest BCUT2D eigenvalue weighted by atomic mass is 10.2. The zero-order valence-corrected chi connectivity index (χ0v) is 13.8. The van der Waals surface area contributed by atoms with Crippen molar-refractivity contribution in [3.05, 3.63) is 59.9 Å². The summed E-state index contributed by atoms with van der Waals surface area (Å²) in [6, 6.07) is 10.6. The van der Waals surface area contributed by atoms with Gasteiger partial charge in [0.15, 0.2) is 0 Å². The predicted molar refractivity (Wildman–Crippen MR) is 92.6 cm³/mol. The maximum Gasteiger partial charge on any atom is 0.141 e. The zero-order chi connectivity index (χ0) is 16.4. The van der Waals surface area contributed by atoms with Crippen LogP contribution in [0, 0.1) is 13.8 Å². The summed E-state index contributed by atoms with van der Waals surface area (Å²) in [7, 11) is 4.08. The minimum atomic E-state index is 1.08. The van der Waals surface area contributed by atoms with Crippen molar-refractivity contribution in [3.8, 4) is 5.69 Å². The van der Waals surface area contributed by atoms with E-state index in [0.29, 0.717) is 0 Å². The van der Waals surface area contributed by atoms with Gasteiger partial charge in [0.05, 0.1) is 6.21 Å². The van der Waals surface area contributed by atoms with Crippen molar-refractivity contribution in [1.82, 2.24) is 19.4 Å². The lowest BCUT2D eigenvalue weighted by Crippen LogP contribution is -2.08. The molecule has 3 aromatic rings. The molecule has 0 amide bonds. The van der Waals surface area contributed by atoms with Crippen LogP contribution in [-0.2, 0) is 0 Å². The van der Waals surface area contributed by atoms with E-state index in [9.17, 15) is 0 Å². The molecule has 0 fully saturated rings. The number of aryl methyl sites for hydroxylation is 1. The Labute approximate surface area is 135 Å². The van der Waals surface area contributed by atoms with Gasteiger partial charge < -0.3 is 9.47 Å². The highest BCUT2D eigenvalue weighted by molar-refractivity contribution is 5.82. The lowest BCUT2D eigenvalue weighted by molar-refractivity contribution is 0.877. The summed E-state index contributed by atoms with van der Waals surface area (Å²) in [5.41, 5.74) is 5.73. The molecule has 0 saturated heterocycles. The van der Waals surface area contributed by atoms with Gasteiger partial charge >= 0.3 is 0 Å². The summed E-state index contributed by atoms with van der Waals surface area (Å²) >= 11 is 0. The fourth-order valence-corrected chi connectivity index (χ4v) is 2.60. The first-order valence-electron chi connectivity index (χ1n) is 7.42. The Balaban J connectivity index is 1.94. The lowest BCUT2D eigenvalue weighted by Gasteiger charge is -2.14. The highest BCUT2D eigenvalue weighted by Gasteiger charge is 2.09. The molecule has 6 heteroatoms. The molecular formula is C17H20N6. The molecule has 6 nitrogen and oxygen atoms in total. The number of anilines is 1. The molecule has 0 atom stereocenters. The van der Waals surface area contributed by atoms with E-state index in [4.69, 9.17) is 0 Å². The number of aromatic nitrogens is 4. The third-order valence-electron chi connectivity index (χ3n) is 3.83. The van der Waals surface area contributed by atoms with Gasteiger partial charge in [0.25, 0.3) is 0 Å². The van der Waals surface area contributed by atoms with Crippen LogP contribution in [0.2, 0.25) is 0 Å². The summed E-state index contributed by atoms with van der Waals surface area (Å²) < 4.78 is 3.81. The molecule has 0 spiro atoms. The normalized spacial score (nSPS) is 11.3. The second-order valence-electron chi connectivity index (χ2n) is 5.66. The topological polar surface area (TPSA) is 51.2 Å². The van der Waals surface area contributed by atoms with Crippen molar-refractivity contribution in [3.63, 3.8) is 0 Å². The quantitative estimate of drug-likeness (QED) is 0.696. The highest BCUT2D eigenvalue weighted by Crippen LogP contribution is 2.22. The summed E-state index contributed by atoms with van der Waals surface area (Å²) in [5.74, 6) is 0. The van der Waals surface area contributed by atoms with Crippen LogP contribution in [0.3, 0.4) is 0 Å². The van der Waals surface area contributed by atoms with Gasteiger partial charge in [-0.25, -0.2) is 4.68 Å². The van der Waals surface area contributed by atoms with Crippen LogP contribution in [0.1, 0.15) is 17.0 Å². The van der Waals surface area contributed by atoms with Crippen molar-refractivity contribution < 1.29 is 0 Å². The first kappa shape index (κ1) is 15.0. The molecule has 118 valence electrons. The van der Waals surface area contributed by atoms with E-state index in [2.05, 4.69) is 68.9 Å². The molecule has 0 aliphatic rings. The maximum absolute atomic E-state index is 4.33. The van der Waals surface area contributed by atoms with E-state index >= 15 is 0 Å². The van der Waals surface area contributed by atoms with Gasteiger partial charge in [0.2, 0.25) is 0 Å². The largest absolute Gasteiger partial charge is 0.378 e. The minimum absolute atomic E-state index is 1.08. The summed E-state index contributed by atoms with van der Waals surface area (Å²) in [6.07, 6.45) is 4.96. The Hall–Kier alpha value is -2.89. The average molecular weight is 308 g/mol. The minimum Gasteiger partial charge on any atom is -0.378 e. The van der Waals surface area contributed by atoms with E-state index in [1.165, 1.54) is 11.4 Å². The molecule has 0 saturated carbocycles. The Morgan fingerprint density at radius 1 is 1.04 bits per heavy atom. The average Bonchev–Trinajstić information content (AvgIpc) is 3.14. The van der Waals surface area contributed by atoms with Gasteiger partial charge in [-0.2, -0.15) is 5.10 Å². The summed E-state index contributed by atoms with van der Waals surface area (Å²) in [4.78, 5) is 2.09. The fourth-order valence-electron chi connectivity index (χ4n) is 2.60. The third-order valence-corrected chi connectivity index (χ3v) is 3.83. The first-order valence-corrected chi connectivity index (χ1v) is 7.42. The summed E-state index contributed by atoms with van der Waals surface area (Å²) in [5, 5.41) is 11.8. The highest BCUT2D eigenvalue weighted by atomic mass is 15.4. The molecule has 1 aromatic carbocycles. The molecule has 3 rings (SSSR count). The predicted octanol–water partition coefficient (Wildman–Crippen LogP) is 2.63. The van der Waals surface area contributed by atoms with E-state index in [1.807, 2.05) is 20.3 Å². The Kier molecular flexibility index (Phi) is 3.97. The Morgan fingerprint density at radius 3 is 2.30 bits per heavy atom. The van der Waals surface area contributed by atoms with Crippen LogP contribution in [0.4, 0.5) is 5.69 Å². The van der Waals surface area contributed by atoms with Crippen LogP contribution >= 0.6 is 0 Å². The smallest absolute Gasteiger partial charge is 0.141 e. The van der Waals surface area contributed by atoms with Crippen LogP contribution in [0.15, 0.2) is 48.1 Å². The SMILES string of the molecule is Cc1cc(/C=N/n2cnnc2)c(C)n1-c1ccc(N(C)C)cc1. The van der Waals surface area contributed by atoms with Crippen molar-refractivity contribution in [2.45, 2.75) is 13.8 Å². The van der Waals surface area contributed by atoms with Crippen LogP contribution in [-0.4, -0.2) is 39.8 Å². The van der Waals surface area contributed by atoms with E-state index < -0.39 is 0 Å². The number of hydrogen-bond donors (Lipinski definition) is 0. The van der Waals surface area contributed by atoms with Crippen molar-refractivity contribution in [2.24, 2.45) is 5.10 Å². The zero-order valence-electron chi connectivity index (χ0n) is 13.8. The summed E-state index contributed by atoms with van der Waals surface area (Å²) in [6.45, 7) is 4.20. The van der Waals surface area contributed by atoms with Gasteiger partial charge in [-0.15, -0.1) is 10.2 Å². The fraction of sp³-hybridized carbons (Fsp3) is 0.235. The number of benzene rings is 1. The van der Waals surface area contributed by atoms with E-state index in [1.54, 1.807) is 17.3 Å². The molecule has 2 heterocycles. The van der Waals surface area contributed by atoms with E-state index in [0.717, 1.165) is 16.9 Å².